The molecule has 1 heterocycles. The van der Waals surface area contributed by atoms with Gasteiger partial charge in [-0.25, -0.2) is 9.48 Å². The van der Waals surface area contributed by atoms with Crippen LogP contribution in [-0.2, 0) is 4.74 Å². The van der Waals surface area contributed by atoms with Gasteiger partial charge in [0, 0.05) is 5.56 Å². The van der Waals surface area contributed by atoms with Crippen LogP contribution in [0.2, 0.25) is 0 Å². The maximum atomic E-state index is 12.1. The van der Waals surface area contributed by atoms with E-state index >= 15 is 0 Å². The van der Waals surface area contributed by atoms with Gasteiger partial charge >= 0.3 is 5.97 Å². The number of rotatable bonds is 5. The number of hydrogen-bond acceptors (Lipinski definition) is 4. The van der Waals surface area contributed by atoms with Gasteiger partial charge in [0.25, 0.3) is 0 Å². The maximum absolute atomic E-state index is 12.1. The van der Waals surface area contributed by atoms with E-state index in [1.54, 1.807) is 24.8 Å². The summed E-state index contributed by atoms with van der Waals surface area (Å²) in [4.78, 5) is 12.1. The highest BCUT2D eigenvalue weighted by atomic mass is 16.5. The predicted octanol–water partition coefficient (Wildman–Crippen LogP) is 3.72. The molecule has 3 rings (SSSR count). The summed E-state index contributed by atoms with van der Waals surface area (Å²) in [5, 5.41) is 4.45. The Labute approximate surface area is 140 Å². The molecule has 3 aromatic rings. The Morgan fingerprint density at radius 2 is 1.79 bits per heavy atom. The van der Waals surface area contributed by atoms with Crippen LogP contribution in [0.25, 0.3) is 16.9 Å². The number of hydrogen-bond donors (Lipinski definition) is 0. The van der Waals surface area contributed by atoms with Gasteiger partial charge in [-0.1, -0.05) is 42.5 Å². The second kappa shape index (κ2) is 7.00. The second-order valence-corrected chi connectivity index (χ2v) is 5.08. The summed E-state index contributed by atoms with van der Waals surface area (Å²) in [5.41, 5.74) is 2.77. The standard InChI is InChI=1S/C19H18N2O3/c1-3-24-19(22)15-13-17(14-9-5-4-6-10-14)21(20-15)16-11-7-8-12-18(16)23-2/h4-13H,3H2,1-2H3. The lowest BCUT2D eigenvalue weighted by Gasteiger charge is -2.11. The van der Waals surface area contributed by atoms with Crippen molar-refractivity contribution in [1.82, 2.24) is 9.78 Å². The monoisotopic (exact) mass is 322 g/mol. The van der Waals surface area contributed by atoms with Crippen LogP contribution in [0.4, 0.5) is 0 Å². The fraction of sp³-hybridized carbons (Fsp3) is 0.158. The van der Waals surface area contributed by atoms with Crippen LogP contribution in [-0.4, -0.2) is 29.5 Å². The first-order valence-electron chi connectivity index (χ1n) is 7.70. The molecule has 0 unspecified atom stereocenters. The molecular formula is C19H18N2O3. The van der Waals surface area contributed by atoms with Gasteiger partial charge in [0.15, 0.2) is 5.69 Å². The fourth-order valence-corrected chi connectivity index (χ4v) is 2.49. The number of nitrogens with zero attached hydrogens (tertiary/aromatic N) is 2. The van der Waals surface area contributed by atoms with Crippen LogP contribution in [0.3, 0.4) is 0 Å². The molecule has 0 aliphatic carbocycles. The first-order valence-corrected chi connectivity index (χ1v) is 7.70. The lowest BCUT2D eigenvalue weighted by molar-refractivity contribution is 0.0519. The lowest BCUT2D eigenvalue weighted by atomic mass is 10.1. The van der Waals surface area contributed by atoms with E-state index in [0.717, 1.165) is 16.9 Å². The molecule has 122 valence electrons. The Hall–Kier alpha value is -3.08. The van der Waals surface area contributed by atoms with E-state index in [-0.39, 0.29) is 5.69 Å². The highest BCUT2D eigenvalue weighted by Gasteiger charge is 2.19. The Balaban J connectivity index is 2.18. The molecule has 0 N–H and O–H groups in total. The number of benzene rings is 2. The van der Waals surface area contributed by atoms with E-state index < -0.39 is 5.97 Å². The summed E-state index contributed by atoms with van der Waals surface area (Å²) < 4.78 is 12.2. The molecule has 0 atom stereocenters. The molecule has 2 aromatic carbocycles. The number of para-hydroxylation sites is 2. The lowest BCUT2D eigenvalue weighted by Crippen LogP contribution is -2.07. The molecular weight excluding hydrogens is 304 g/mol. The van der Waals surface area contributed by atoms with Crippen molar-refractivity contribution in [2.45, 2.75) is 6.92 Å². The maximum Gasteiger partial charge on any atom is 0.358 e. The Kier molecular flexibility index (Phi) is 4.61. The minimum absolute atomic E-state index is 0.265. The zero-order valence-corrected chi connectivity index (χ0v) is 13.6. The van der Waals surface area contributed by atoms with Crippen LogP contribution >= 0.6 is 0 Å². The van der Waals surface area contributed by atoms with E-state index in [0.29, 0.717) is 12.4 Å². The van der Waals surface area contributed by atoms with Crippen LogP contribution in [0.15, 0.2) is 60.7 Å². The van der Waals surface area contributed by atoms with Gasteiger partial charge in [0.2, 0.25) is 0 Å². The summed E-state index contributed by atoms with van der Waals surface area (Å²) >= 11 is 0. The van der Waals surface area contributed by atoms with Crippen molar-refractivity contribution in [3.63, 3.8) is 0 Å². The smallest absolute Gasteiger partial charge is 0.358 e. The number of carbonyl (C=O) groups is 1. The second-order valence-electron chi connectivity index (χ2n) is 5.08. The quantitative estimate of drug-likeness (QED) is 0.672. The molecule has 1 aromatic heterocycles. The van der Waals surface area contributed by atoms with E-state index in [2.05, 4.69) is 5.10 Å². The SMILES string of the molecule is CCOC(=O)c1cc(-c2ccccc2)n(-c2ccccc2OC)n1. The molecule has 5 heteroatoms. The molecule has 0 spiro atoms. The van der Waals surface area contributed by atoms with Crippen LogP contribution in [0, 0.1) is 0 Å². The topological polar surface area (TPSA) is 53.4 Å². The van der Waals surface area contributed by atoms with E-state index in [1.807, 2.05) is 54.6 Å². The third kappa shape index (κ3) is 3.01. The van der Waals surface area contributed by atoms with Gasteiger partial charge in [-0.05, 0) is 25.1 Å². The number of ether oxygens (including phenoxy) is 2. The molecule has 24 heavy (non-hydrogen) atoms. The molecule has 0 radical (unpaired) electrons. The normalized spacial score (nSPS) is 10.4. The Bertz CT molecular complexity index is 841. The third-order valence-electron chi connectivity index (χ3n) is 3.58. The molecule has 0 saturated carbocycles. The van der Waals surface area contributed by atoms with Crippen LogP contribution in [0.5, 0.6) is 5.75 Å². The Morgan fingerprint density at radius 1 is 1.08 bits per heavy atom. The molecule has 0 aliphatic rings. The van der Waals surface area contributed by atoms with E-state index in [9.17, 15) is 4.79 Å². The number of esters is 1. The van der Waals surface area contributed by atoms with Crippen molar-refractivity contribution in [2.24, 2.45) is 0 Å². The van der Waals surface area contributed by atoms with Crippen LogP contribution < -0.4 is 4.74 Å². The zero-order chi connectivity index (χ0) is 16.9. The number of methoxy groups -OCH3 is 1. The minimum atomic E-state index is -0.441. The van der Waals surface area contributed by atoms with Crippen molar-refractivity contribution in [3.8, 4) is 22.7 Å². The van der Waals surface area contributed by atoms with Crippen LogP contribution in [0.1, 0.15) is 17.4 Å². The fourth-order valence-electron chi connectivity index (χ4n) is 2.49. The third-order valence-corrected chi connectivity index (χ3v) is 3.58. The van der Waals surface area contributed by atoms with Gasteiger partial charge in [0.05, 0.1) is 19.4 Å². The van der Waals surface area contributed by atoms with E-state index in [4.69, 9.17) is 9.47 Å². The van der Waals surface area contributed by atoms with Gasteiger partial charge in [-0.15, -0.1) is 0 Å². The zero-order valence-electron chi connectivity index (χ0n) is 13.6. The summed E-state index contributed by atoms with van der Waals surface area (Å²) in [6, 6.07) is 19.1. The largest absolute Gasteiger partial charge is 0.494 e. The summed E-state index contributed by atoms with van der Waals surface area (Å²) in [5.74, 6) is 0.233. The summed E-state index contributed by atoms with van der Waals surface area (Å²) in [6.45, 7) is 2.08. The van der Waals surface area contributed by atoms with Gasteiger partial charge in [-0.3, -0.25) is 0 Å². The highest BCUT2D eigenvalue weighted by Crippen LogP contribution is 2.29. The first-order chi connectivity index (χ1) is 11.7. The Morgan fingerprint density at radius 3 is 2.50 bits per heavy atom. The molecule has 0 bridgehead atoms. The highest BCUT2D eigenvalue weighted by molar-refractivity contribution is 5.89. The van der Waals surface area contributed by atoms with Crippen molar-refractivity contribution in [1.29, 1.82) is 0 Å². The van der Waals surface area contributed by atoms with Crippen molar-refractivity contribution < 1.29 is 14.3 Å². The molecule has 0 saturated heterocycles. The van der Waals surface area contributed by atoms with Gasteiger partial charge in [0.1, 0.15) is 11.4 Å². The average Bonchev–Trinajstić information content (AvgIpc) is 3.08. The van der Waals surface area contributed by atoms with Crippen molar-refractivity contribution in [3.05, 3.63) is 66.4 Å². The number of carbonyl (C=O) groups excluding carboxylic acids is 1. The molecule has 0 aliphatic heterocycles. The summed E-state index contributed by atoms with van der Waals surface area (Å²) in [7, 11) is 1.61. The molecule has 0 fully saturated rings. The molecule has 0 amide bonds. The molecule has 5 nitrogen and oxygen atoms in total. The first kappa shape index (κ1) is 15.8. The van der Waals surface area contributed by atoms with Crippen molar-refractivity contribution in [2.75, 3.05) is 13.7 Å². The van der Waals surface area contributed by atoms with Crippen molar-refractivity contribution >= 4 is 5.97 Å². The number of aromatic nitrogens is 2. The van der Waals surface area contributed by atoms with Gasteiger partial charge in [-0.2, -0.15) is 5.10 Å². The summed E-state index contributed by atoms with van der Waals surface area (Å²) in [6.07, 6.45) is 0. The minimum Gasteiger partial charge on any atom is -0.494 e. The van der Waals surface area contributed by atoms with E-state index in [1.165, 1.54) is 0 Å². The van der Waals surface area contributed by atoms with Gasteiger partial charge < -0.3 is 9.47 Å². The predicted molar refractivity (Wildman–Crippen MR) is 91.5 cm³/mol. The average molecular weight is 322 g/mol.